The summed E-state index contributed by atoms with van der Waals surface area (Å²) in [6, 6.07) is 8.49. The van der Waals surface area contributed by atoms with Gasteiger partial charge in [0.1, 0.15) is 17.5 Å². The number of aliphatic imine (C=N–C) groups is 1. The normalized spacial score (nSPS) is 41.1. The first-order valence-corrected chi connectivity index (χ1v) is 12.9. The molecular weight excluding hydrogens is 442 g/mol. The van der Waals surface area contributed by atoms with Crippen LogP contribution in [0, 0.1) is 17.3 Å². The number of rotatable bonds is 6. The maximum absolute atomic E-state index is 12.7. The van der Waals surface area contributed by atoms with E-state index in [0.717, 1.165) is 49.9 Å². The highest BCUT2D eigenvalue weighted by atomic mass is 16.5. The largest absolute Gasteiger partial charge is 0.504 e. The lowest BCUT2D eigenvalue weighted by Gasteiger charge is -2.87. The third-order valence-corrected chi connectivity index (χ3v) is 10.2. The topological polar surface area (TPSA) is 133 Å². The van der Waals surface area contributed by atoms with Gasteiger partial charge in [0.2, 0.25) is 0 Å². The molecule has 0 amide bonds. The molecule has 1 aromatic carbocycles. The van der Waals surface area contributed by atoms with Crippen LogP contribution >= 0.6 is 0 Å². The minimum atomic E-state index is -0.852. The number of H-pyrrole nitrogens is 1. The van der Waals surface area contributed by atoms with Crippen molar-refractivity contribution in [3.05, 3.63) is 59.2 Å². The number of hydrogen-bond acceptors (Lipinski definition) is 5. The van der Waals surface area contributed by atoms with Gasteiger partial charge in [0.05, 0.1) is 16.6 Å². The second-order valence-electron chi connectivity index (χ2n) is 11.4. The number of piperidine rings is 1. The highest BCUT2D eigenvalue weighted by molar-refractivity contribution is 5.88. The minimum absolute atomic E-state index is 0.0353. The molecule has 7 atom stereocenters. The summed E-state index contributed by atoms with van der Waals surface area (Å²) in [6.45, 7) is 1.59. The number of nitrogens with two attached hydrogens (primary N) is 2. The van der Waals surface area contributed by atoms with Crippen LogP contribution in [0.15, 0.2) is 52.9 Å². The number of nitrogens with one attached hydrogen (secondary N) is 1. The average Bonchev–Trinajstić information content (AvgIpc) is 3.40. The van der Waals surface area contributed by atoms with Crippen molar-refractivity contribution >= 4 is 16.9 Å². The van der Waals surface area contributed by atoms with E-state index in [-0.39, 0.29) is 35.7 Å². The first kappa shape index (κ1) is 20.2. The molecule has 2 aromatic rings. The maximum Gasteiger partial charge on any atom is 0.185 e. The van der Waals surface area contributed by atoms with Crippen molar-refractivity contribution in [2.45, 2.75) is 55.4 Å². The summed E-state index contributed by atoms with van der Waals surface area (Å²) < 4.78 is 6.61. The van der Waals surface area contributed by atoms with Gasteiger partial charge in [-0.1, -0.05) is 30.7 Å². The number of nitrogens with zero attached hydrogens (tertiary/aromatic N) is 2. The molecule has 2 bridgehead atoms. The molecule has 8 rings (SSSR count). The van der Waals surface area contributed by atoms with Crippen LogP contribution in [0.25, 0.3) is 10.9 Å². The Balaban J connectivity index is 1.24. The summed E-state index contributed by atoms with van der Waals surface area (Å²) in [7, 11) is 0. The molecule has 4 aliphatic carbocycles. The summed E-state index contributed by atoms with van der Waals surface area (Å²) in [5.41, 5.74) is 12.7. The summed E-state index contributed by atoms with van der Waals surface area (Å²) in [5.74, 6) is 1.37. The van der Waals surface area contributed by atoms with Gasteiger partial charge < -0.3 is 31.4 Å². The summed E-state index contributed by atoms with van der Waals surface area (Å²) in [5, 5.41) is 24.6. The molecule has 2 aliphatic heterocycles. The Hall–Kier alpha value is -2.97. The number of ether oxygens (including phenoxy) is 1. The predicted molar refractivity (Wildman–Crippen MR) is 131 cm³/mol. The van der Waals surface area contributed by atoms with Crippen LogP contribution in [0.4, 0.5) is 0 Å². The first-order valence-electron chi connectivity index (χ1n) is 12.9. The number of aliphatic hydroxyl groups excluding tert-OH is 1. The molecule has 1 aromatic heterocycles. The quantitative estimate of drug-likeness (QED) is 0.249. The fraction of sp³-hybridized carbons (Fsp3) is 0.519. The zero-order chi connectivity index (χ0) is 23.7. The molecule has 1 spiro atoms. The van der Waals surface area contributed by atoms with E-state index in [2.05, 4.69) is 39.2 Å². The molecule has 3 unspecified atom stereocenters. The van der Waals surface area contributed by atoms with Gasteiger partial charge in [0.25, 0.3) is 0 Å². The Morgan fingerprint density at radius 1 is 1.23 bits per heavy atom. The van der Waals surface area contributed by atoms with Gasteiger partial charge in [-0.25, -0.2) is 0 Å². The maximum atomic E-state index is 12.7. The van der Waals surface area contributed by atoms with E-state index in [1.54, 1.807) is 6.08 Å². The zero-order valence-electron chi connectivity index (χ0n) is 19.6. The molecular formula is C27H31N5O3. The second kappa shape index (κ2) is 6.23. The lowest BCUT2D eigenvalue weighted by molar-refractivity contribution is -0.440. The Kier molecular flexibility index (Phi) is 3.60. The smallest absolute Gasteiger partial charge is 0.185 e. The van der Waals surface area contributed by atoms with E-state index in [1.807, 2.05) is 6.07 Å². The Morgan fingerprint density at radius 3 is 2.94 bits per heavy atom. The Bertz CT molecular complexity index is 1370. The number of hydrogen-bond donors (Lipinski definition) is 5. The molecule has 0 radical (unpaired) electrons. The van der Waals surface area contributed by atoms with E-state index in [4.69, 9.17) is 16.2 Å². The molecule has 182 valence electrons. The first-order chi connectivity index (χ1) is 16.9. The standard InChI is InChI=1S/C27H31N5O3/c28-24(29)30-10-4-1-5-11-32-18-12-14-8-9-17(33)22-19(14)25-13-26(32,27(18,25)34)20-15-6-2-3-7-16(15)31-21(20)23(25)35-22/h2-3,6-9,14,18-19,23,31,33-34H,1,4-5,10-13H2,(H4,28,29,30)/t14?,18-,19?,23+,25+,26?,27-/m1/s1. The van der Waals surface area contributed by atoms with E-state index >= 15 is 0 Å². The van der Waals surface area contributed by atoms with E-state index in [9.17, 15) is 10.2 Å². The molecule has 8 heteroatoms. The third kappa shape index (κ3) is 1.94. The summed E-state index contributed by atoms with van der Waals surface area (Å²) in [6.07, 6.45) is 8.48. The van der Waals surface area contributed by atoms with Crippen molar-refractivity contribution in [3.63, 3.8) is 0 Å². The number of guanidine groups is 1. The molecule has 6 aliphatic rings. The van der Waals surface area contributed by atoms with Crippen molar-refractivity contribution in [1.29, 1.82) is 0 Å². The lowest BCUT2D eigenvalue weighted by atomic mass is 9.26. The van der Waals surface area contributed by atoms with E-state index < -0.39 is 16.6 Å². The highest BCUT2D eigenvalue weighted by Gasteiger charge is 2.96. The van der Waals surface area contributed by atoms with Crippen LogP contribution in [0.3, 0.4) is 0 Å². The van der Waals surface area contributed by atoms with Gasteiger partial charge in [0.15, 0.2) is 11.7 Å². The summed E-state index contributed by atoms with van der Waals surface area (Å²) in [4.78, 5) is 10.4. The Morgan fingerprint density at radius 2 is 2.09 bits per heavy atom. The number of aromatic amines is 1. The molecule has 8 nitrogen and oxygen atoms in total. The van der Waals surface area contributed by atoms with Crippen LogP contribution in [0.2, 0.25) is 0 Å². The summed E-state index contributed by atoms with van der Waals surface area (Å²) >= 11 is 0. The number of allylic oxidation sites excluding steroid dienone is 3. The number of aliphatic hydroxyl groups is 2. The third-order valence-electron chi connectivity index (χ3n) is 10.2. The van der Waals surface area contributed by atoms with Gasteiger partial charge in [-0.3, -0.25) is 9.89 Å². The van der Waals surface area contributed by atoms with Crippen molar-refractivity contribution in [1.82, 2.24) is 9.88 Å². The molecule has 2 saturated heterocycles. The van der Waals surface area contributed by atoms with Gasteiger partial charge in [-0.05, 0) is 50.3 Å². The van der Waals surface area contributed by atoms with Crippen molar-refractivity contribution in [2.24, 2.45) is 33.7 Å². The Labute approximate surface area is 203 Å². The number of unbranched alkanes of at least 4 members (excludes halogenated alkanes) is 2. The number of benzene rings is 1. The van der Waals surface area contributed by atoms with Gasteiger partial charge in [-0.2, -0.15) is 0 Å². The fourth-order valence-electron chi connectivity index (χ4n) is 9.29. The predicted octanol–water partition coefficient (Wildman–Crippen LogP) is 2.67. The highest BCUT2D eigenvalue weighted by Crippen LogP contribution is 2.89. The molecule has 35 heavy (non-hydrogen) atoms. The lowest BCUT2D eigenvalue weighted by Crippen LogP contribution is -2.98. The monoisotopic (exact) mass is 473 g/mol. The van der Waals surface area contributed by atoms with Gasteiger partial charge >= 0.3 is 0 Å². The number of para-hydroxylation sites is 1. The van der Waals surface area contributed by atoms with Crippen LogP contribution < -0.4 is 11.5 Å². The SMILES string of the molecule is NC(N)=NCCCCCN1[C@@H]2CC3C=CC(O)=C4O[C@H]5c6[nH]c7ccccc7c6C16C[C@@]5(C43)[C@]26O. The number of aromatic nitrogens is 1. The van der Waals surface area contributed by atoms with Crippen molar-refractivity contribution < 1.29 is 14.9 Å². The molecule has 3 heterocycles. The van der Waals surface area contributed by atoms with Crippen LogP contribution in [0.5, 0.6) is 0 Å². The molecule has 7 N–H and O–H groups in total. The van der Waals surface area contributed by atoms with Crippen LogP contribution in [-0.4, -0.2) is 50.8 Å². The van der Waals surface area contributed by atoms with E-state index in [0.29, 0.717) is 12.3 Å². The average molecular weight is 474 g/mol. The minimum Gasteiger partial charge on any atom is -0.504 e. The fourth-order valence-corrected chi connectivity index (χ4v) is 9.29. The van der Waals surface area contributed by atoms with Crippen molar-refractivity contribution in [3.8, 4) is 0 Å². The van der Waals surface area contributed by atoms with Crippen LogP contribution in [0.1, 0.15) is 49.5 Å². The van der Waals surface area contributed by atoms with Gasteiger partial charge in [-0.15, -0.1) is 0 Å². The number of fused-ring (bicyclic) bond motifs is 4. The number of likely N-dealkylation sites (tertiary alicyclic amines) is 1. The van der Waals surface area contributed by atoms with E-state index in [1.165, 1.54) is 10.9 Å². The molecule has 4 fully saturated rings. The van der Waals surface area contributed by atoms with Crippen LogP contribution in [-0.2, 0) is 10.3 Å². The molecule has 2 saturated carbocycles. The van der Waals surface area contributed by atoms with Gasteiger partial charge in [0, 0.05) is 35.0 Å². The zero-order valence-corrected chi connectivity index (χ0v) is 19.6. The van der Waals surface area contributed by atoms with Crippen molar-refractivity contribution in [2.75, 3.05) is 13.1 Å². The second-order valence-corrected chi connectivity index (χ2v) is 11.4.